The number of methoxy groups -OCH3 is 3. The molecule has 1 saturated heterocycles. The van der Waals surface area contributed by atoms with Crippen molar-refractivity contribution in [3.05, 3.63) is 77.9 Å². The van der Waals surface area contributed by atoms with E-state index < -0.39 is 0 Å². The first-order chi connectivity index (χ1) is 19.5. The normalized spacial score (nSPS) is 14.1. The molecule has 3 heterocycles. The number of nitrogens with zero attached hydrogens (tertiary/aromatic N) is 4. The molecule has 1 aliphatic heterocycles. The maximum absolute atomic E-state index is 13.8. The number of benzene rings is 2. The smallest absolute Gasteiger partial charge is 0.203 e. The van der Waals surface area contributed by atoms with Gasteiger partial charge >= 0.3 is 0 Å². The summed E-state index contributed by atoms with van der Waals surface area (Å²) in [5.74, 6) is 2.29. The largest absolute Gasteiger partial charge is 0.493 e. The van der Waals surface area contributed by atoms with E-state index in [9.17, 15) is 9.65 Å². The predicted octanol–water partition coefficient (Wildman–Crippen LogP) is 6.47. The monoisotopic (exact) mass is 540 g/mol. The van der Waals surface area contributed by atoms with Gasteiger partial charge in [-0.15, -0.1) is 0 Å². The van der Waals surface area contributed by atoms with Gasteiger partial charge in [0, 0.05) is 35.1 Å². The highest BCUT2D eigenvalue weighted by molar-refractivity contribution is 5.84. The van der Waals surface area contributed by atoms with Crippen molar-refractivity contribution in [1.29, 1.82) is 5.26 Å². The van der Waals surface area contributed by atoms with Crippen LogP contribution in [0.15, 0.2) is 60.8 Å². The Morgan fingerprint density at radius 1 is 0.950 bits per heavy atom. The Morgan fingerprint density at radius 2 is 1.68 bits per heavy atom. The molecule has 206 valence electrons. The third-order valence-corrected chi connectivity index (χ3v) is 7.57. The van der Waals surface area contributed by atoms with Crippen molar-refractivity contribution in [3.63, 3.8) is 0 Å². The highest BCUT2D eigenvalue weighted by Crippen LogP contribution is 2.46. The fraction of sp³-hybridized carbons (Fsp3) is 0.312. The van der Waals surface area contributed by atoms with Gasteiger partial charge in [0.05, 0.1) is 27.0 Å². The van der Waals surface area contributed by atoms with Gasteiger partial charge in [0.2, 0.25) is 5.75 Å². The Balaban J connectivity index is 1.72. The average Bonchev–Trinajstić information content (AvgIpc) is 3.44. The molecule has 2 aromatic heterocycles. The molecule has 0 amide bonds. The summed E-state index contributed by atoms with van der Waals surface area (Å²) in [5.41, 5.74) is 4.04. The van der Waals surface area contributed by atoms with E-state index in [1.807, 2.05) is 29.0 Å². The number of hydrogen-bond donors (Lipinski definition) is 0. The van der Waals surface area contributed by atoms with Gasteiger partial charge in [-0.1, -0.05) is 6.92 Å². The van der Waals surface area contributed by atoms with Crippen LogP contribution in [0.4, 0.5) is 4.39 Å². The molecule has 7 nitrogen and oxygen atoms in total. The number of likely N-dealkylation sites (tertiary alicyclic amines) is 1. The first-order valence-electron chi connectivity index (χ1n) is 13.4. The zero-order chi connectivity index (χ0) is 28.2. The van der Waals surface area contributed by atoms with Gasteiger partial charge in [-0.25, -0.2) is 9.37 Å². The number of nitriles is 1. The van der Waals surface area contributed by atoms with E-state index in [0.717, 1.165) is 36.8 Å². The zero-order valence-electron chi connectivity index (χ0n) is 23.3. The lowest BCUT2D eigenvalue weighted by Gasteiger charge is -2.30. The molecule has 0 aliphatic carbocycles. The number of rotatable bonds is 8. The van der Waals surface area contributed by atoms with Crippen LogP contribution in [0.3, 0.4) is 0 Å². The minimum atomic E-state index is -0.331. The molecule has 4 aromatic rings. The van der Waals surface area contributed by atoms with E-state index in [0.29, 0.717) is 45.5 Å². The molecule has 2 aromatic carbocycles. The van der Waals surface area contributed by atoms with Crippen LogP contribution in [0.5, 0.6) is 17.2 Å². The fourth-order valence-electron chi connectivity index (χ4n) is 5.31. The number of halogens is 1. The molecule has 0 spiro atoms. The Morgan fingerprint density at radius 3 is 2.33 bits per heavy atom. The van der Waals surface area contributed by atoms with E-state index in [1.165, 1.54) is 25.0 Å². The van der Waals surface area contributed by atoms with Crippen molar-refractivity contribution in [2.24, 2.45) is 5.92 Å². The quantitative estimate of drug-likeness (QED) is 0.255. The summed E-state index contributed by atoms with van der Waals surface area (Å²) < 4.78 is 32.7. The molecule has 40 heavy (non-hydrogen) atoms. The van der Waals surface area contributed by atoms with Crippen molar-refractivity contribution >= 4 is 0 Å². The molecular formula is C32H33FN4O3. The molecule has 1 aliphatic rings. The van der Waals surface area contributed by atoms with Crippen LogP contribution in [0, 0.1) is 23.1 Å². The molecule has 0 bridgehead atoms. The van der Waals surface area contributed by atoms with Crippen molar-refractivity contribution in [2.75, 3.05) is 34.4 Å². The van der Waals surface area contributed by atoms with Gasteiger partial charge in [0.1, 0.15) is 17.4 Å². The molecule has 0 saturated carbocycles. The van der Waals surface area contributed by atoms with Gasteiger partial charge in [-0.3, -0.25) is 4.90 Å². The van der Waals surface area contributed by atoms with Crippen LogP contribution in [0.1, 0.15) is 31.0 Å². The first-order valence-corrected chi connectivity index (χ1v) is 13.4. The zero-order valence-corrected chi connectivity index (χ0v) is 23.3. The summed E-state index contributed by atoms with van der Waals surface area (Å²) in [7, 11) is 4.66. The summed E-state index contributed by atoms with van der Waals surface area (Å²) in [4.78, 5) is 7.42. The second kappa shape index (κ2) is 11.8. The third kappa shape index (κ3) is 5.25. The van der Waals surface area contributed by atoms with E-state index >= 15 is 0 Å². The van der Waals surface area contributed by atoms with Crippen molar-refractivity contribution in [2.45, 2.75) is 26.3 Å². The summed E-state index contributed by atoms with van der Waals surface area (Å²) >= 11 is 0. The topological polar surface area (TPSA) is 72.5 Å². The molecule has 0 atom stereocenters. The van der Waals surface area contributed by atoms with Gasteiger partial charge in [-0.05, 0) is 86.4 Å². The number of ether oxygens (including phenoxy) is 3. The van der Waals surface area contributed by atoms with Crippen molar-refractivity contribution < 1.29 is 18.6 Å². The van der Waals surface area contributed by atoms with Crippen molar-refractivity contribution in [3.8, 4) is 51.5 Å². The van der Waals surface area contributed by atoms with E-state index in [-0.39, 0.29) is 5.82 Å². The molecule has 1 fully saturated rings. The maximum Gasteiger partial charge on any atom is 0.203 e. The Hall–Kier alpha value is -4.35. The number of aromatic nitrogens is 2. The lowest BCUT2D eigenvalue weighted by molar-refractivity contribution is 0.182. The highest BCUT2D eigenvalue weighted by atomic mass is 19.1. The number of hydrogen-bond acceptors (Lipinski definition) is 6. The minimum Gasteiger partial charge on any atom is -0.493 e. The van der Waals surface area contributed by atoms with Crippen LogP contribution in [0.25, 0.3) is 28.2 Å². The Labute approximate surface area is 234 Å². The molecule has 0 unspecified atom stereocenters. The van der Waals surface area contributed by atoms with Gasteiger partial charge in [0.25, 0.3) is 0 Å². The van der Waals surface area contributed by atoms with E-state index in [2.05, 4.69) is 24.0 Å². The van der Waals surface area contributed by atoms with Crippen LogP contribution in [-0.4, -0.2) is 48.9 Å². The lowest BCUT2D eigenvalue weighted by Crippen LogP contribution is -2.33. The third-order valence-electron chi connectivity index (χ3n) is 7.57. The standard InChI is InChI=1S/C32H33FN4O3/c1-21-13-16-36(17-14-21)20-24-6-5-15-37(24)32-27(19-34)26(18-28(35-32)22-7-9-23(33)10-8-22)25-11-12-29(38-2)31(40-4)30(25)39-3/h5-12,15,18,21H,13-14,16-17,20H2,1-4H3. The van der Waals surface area contributed by atoms with Crippen molar-refractivity contribution in [1.82, 2.24) is 14.5 Å². The summed E-state index contributed by atoms with van der Waals surface area (Å²) in [6, 6.07) is 18.1. The summed E-state index contributed by atoms with van der Waals surface area (Å²) in [6.07, 6.45) is 4.28. The predicted molar refractivity (Wildman–Crippen MR) is 152 cm³/mol. The maximum atomic E-state index is 13.8. The second-order valence-electron chi connectivity index (χ2n) is 10.1. The highest BCUT2D eigenvalue weighted by Gasteiger charge is 2.24. The molecule has 5 rings (SSSR count). The van der Waals surface area contributed by atoms with E-state index in [1.54, 1.807) is 39.5 Å². The molecule has 0 radical (unpaired) electrons. The number of piperidine rings is 1. The number of pyridine rings is 1. The SMILES string of the molecule is COc1ccc(-c2cc(-c3ccc(F)cc3)nc(-n3cccc3CN3CCC(C)CC3)c2C#N)c(OC)c1OC. The minimum absolute atomic E-state index is 0.331. The van der Waals surface area contributed by atoms with Gasteiger partial charge in [-0.2, -0.15) is 5.26 Å². The average molecular weight is 541 g/mol. The lowest BCUT2D eigenvalue weighted by atomic mass is 9.96. The Kier molecular flexibility index (Phi) is 8.04. The molecule has 8 heteroatoms. The van der Waals surface area contributed by atoms with E-state index in [4.69, 9.17) is 19.2 Å². The van der Waals surface area contributed by atoms with Crippen LogP contribution >= 0.6 is 0 Å². The molecule has 0 N–H and O–H groups in total. The van der Waals surface area contributed by atoms with Gasteiger partial charge < -0.3 is 18.8 Å². The van der Waals surface area contributed by atoms with Crippen LogP contribution < -0.4 is 14.2 Å². The van der Waals surface area contributed by atoms with Gasteiger partial charge in [0.15, 0.2) is 17.3 Å². The fourth-order valence-corrected chi connectivity index (χ4v) is 5.31. The molecular weight excluding hydrogens is 507 g/mol. The summed E-state index contributed by atoms with van der Waals surface area (Å²) in [6.45, 7) is 5.12. The first kappa shape index (κ1) is 27.2. The van der Waals surface area contributed by atoms with Crippen LogP contribution in [0.2, 0.25) is 0 Å². The summed E-state index contributed by atoms with van der Waals surface area (Å²) in [5, 5.41) is 10.5. The second-order valence-corrected chi connectivity index (χ2v) is 10.1. The Bertz CT molecular complexity index is 1530. The van der Waals surface area contributed by atoms with Crippen LogP contribution in [-0.2, 0) is 6.54 Å².